The predicted molar refractivity (Wildman–Crippen MR) is 112 cm³/mol. The van der Waals surface area contributed by atoms with Crippen LogP contribution in [0.5, 0.6) is 0 Å². The first-order chi connectivity index (χ1) is 12.8. The molecule has 1 heterocycles. The second kappa shape index (κ2) is 9.74. The number of ether oxygens (including phenoxy) is 2. The van der Waals surface area contributed by atoms with Crippen LogP contribution in [0, 0.1) is 11.3 Å². The Balaban J connectivity index is 0.000000370. The van der Waals surface area contributed by atoms with Gasteiger partial charge in [0.2, 0.25) is 0 Å². The molecule has 7 heteroatoms. The van der Waals surface area contributed by atoms with Crippen molar-refractivity contribution in [2.24, 2.45) is 0 Å². The summed E-state index contributed by atoms with van der Waals surface area (Å²) in [4.78, 5) is 22.4. The highest BCUT2D eigenvalue weighted by Crippen LogP contribution is 2.18. The van der Waals surface area contributed by atoms with Crippen LogP contribution in [-0.2, 0) is 25.6 Å². The predicted octanol–water partition coefficient (Wildman–Crippen LogP) is 4.58. The molecule has 6 nitrogen and oxygen atoms in total. The summed E-state index contributed by atoms with van der Waals surface area (Å²) in [7, 11) is 0. The number of hydrogen-bond acceptors (Lipinski definition) is 5. The maximum absolute atomic E-state index is 11.8. The maximum atomic E-state index is 11.8. The monoisotopic (exact) mass is 450 g/mol. The molecule has 0 fully saturated rings. The van der Waals surface area contributed by atoms with Crippen LogP contribution in [0.2, 0.25) is 0 Å². The van der Waals surface area contributed by atoms with E-state index < -0.39 is 5.60 Å². The third-order valence-electron chi connectivity index (χ3n) is 3.15. The van der Waals surface area contributed by atoms with Gasteiger partial charge >= 0.3 is 11.9 Å². The first-order valence-corrected chi connectivity index (χ1v) is 9.95. The van der Waals surface area contributed by atoms with Gasteiger partial charge in [-0.25, -0.2) is 0 Å². The number of esters is 2. The molecule has 0 aliphatic rings. The van der Waals surface area contributed by atoms with Crippen molar-refractivity contribution in [2.75, 3.05) is 5.33 Å². The third-order valence-corrected chi connectivity index (χ3v) is 3.61. The van der Waals surface area contributed by atoms with Gasteiger partial charge < -0.3 is 14.0 Å². The van der Waals surface area contributed by atoms with Gasteiger partial charge in [0.05, 0.1) is 11.6 Å². The number of hydrogen-bond donors (Lipinski definition) is 0. The molecule has 0 unspecified atom stereocenters. The van der Waals surface area contributed by atoms with Gasteiger partial charge in [-0.15, -0.1) is 0 Å². The number of nitrogens with zero attached hydrogens (tertiary/aromatic N) is 2. The Labute approximate surface area is 174 Å². The number of aromatic nitrogens is 1. The minimum Gasteiger partial charge on any atom is -0.459 e. The lowest BCUT2D eigenvalue weighted by molar-refractivity contribution is -0.155. The molecule has 0 spiro atoms. The Hall–Kier alpha value is -2.33. The zero-order chi connectivity index (χ0) is 21.5. The Bertz CT molecular complexity index is 867. The average Bonchev–Trinajstić information content (AvgIpc) is 2.94. The summed E-state index contributed by atoms with van der Waals surface area (Å²) in [6, 6.07) is 9.38. The molecule has 28 heavy (non-hydrogen) atoms. The highest BCUT2D eigenvalue weighted by atomic mass is 79.9. The second-order valence-electron chi connectivity index (χ2n) is 8.14. The third kappa shape index (κ3) is 8.57. The summed E-state index contributed by atoms with van der Waals surface area (Å²) < 4.78 is 12.0. The number of halogens is 1. The van der Waals surface area contributed by atoms with Gasteiger partial charge in [0.25, 0.3) is 0 Å². The Morgan fingerprint density at radius 3 is 2.07 bits per heavy atom. The van der Waals surface area contributed by atoms with Crippen molar-refractivity contribution in [1.29, 1.82) is 5.26 Å². The minimum absolute atomic E-state index is 0.173. The molecule has 0 saturated carbocycles. The van der Waals surface area contributed by atoms with Gasteiger partial charge in [0.15, 0.2) is 0 Å². The topological polar surface area (TPSA) is 81.3 Å². The molecule has 0 amide bonds. The average molecular weight is 451 g/mol. The second-order valence-corrected chi connectivity index (χ2v) is 8.70. The van der Waals surface area contributed by atoms with Crippen molar-refractivity contribution in [2.45, 2.75) is 59.3 Å². The van der Waals surface area contributed by atoms with Crippen LogP contribution in [0.4, 0.5) is 0 Å². The van der Waals surface area contributed by atoms with E-state index in [1.54, 1.807) is 12.1 Å². The van der Waals surface area contributed by atoms with E-state index in [1.807, 2.05) is 64.4 Å². The molecule has 1 aromatic carbocycles. The van der Waals surface area contributed by atoms with E-state index in [0.717, 1.165) is 10.9 Å². The molecule has 0 saturated heterocycles. The van der Waals surface area contributed by atoms with Gasteiger partial charge in [0.1, 0.15) is 23.1 Å². The zero-order valence-corrected chi connectivity index (χ0v) is 18.8. The van der Waals surface area contributed by atoms with Crippen LogP contribution in [-0.4, -0.2) is 33.0 Å². The fourth-order valence-electron chi connectivity index (χ4n) is 2.29. The molecule has 2 rings (SSSR count). The number of rotatable bonds is 3. The first kappa shape index (κ1) is 23.7. The smallest absolute Gasteiger partial charge is 0.326 e. The highest BCUT2D eigenvalue weighted by Gasteiger charge is 2.17. The molecule has 1 aromatic heterocycles. The minimum atomic E-state index is -0.478. The fourth-order valence-corrected chi connectivity index (χ4v) is 2.40. The number of carbonyl (C=O) groups excluding carboxylic acids is 2. The van der Waals surface area contributed by atoms with Crippen LogP contribution in [0.15, 0.2) is 30.5 Å². The number of fused-ring (bicyclic) bond motifs is 1. The van der Waals surface area contributed by atoms with Crippen molar-refractivity contribution in [3.05, 3.63) is 36.0 Å². The highest BCUT2D eigenvalue weighted by molar-refractivity contribution is 9.09. The summed E-state index contributed by atoms with van der Waals surface area (Å²) in [5, 5.41) is 10.1. The van der Waals surface area contributed by atoms with E-state index in [0.29, 0.717) is 5.56 Å². The van der Waals surface area contributed by atoms with E-state index in [-0.39, 0.29) is 29.4 Å². The van der Waals surface area contributed by atoms with Crippen LogP contribution >= 0.6 is 15.9 Å². The van der Waals surface area contributed by atoms with E-state index in [1.165, 1.54) is 0 Å². The molecule has 0 aliphatic heterocycles. The van der Waals surface area contributed by atoms with Crippen LogP contribution in [0.3, 0.4) is 0 Å². The number of nitriles is 1. The molecule has 0 radical (unpaired) electrons. The van der Waals surface area contributed by atoms with Crippen LogP contribution in [0.25, 0.3) is 10.9 Å². The Morgan fingerprint density at radius 2 is 1.61 bits per heavy atom. The fraction of sp³-hybridized carbons (Fsp3) is 0.476. The molecular formula is C21H27BrN2O4. The molecule has 0 aliphatic carbocycles. The Kier molecular flexibility index (Phi) is 8.25. The molecule has 2 aromatic rings. The maximum Gasteiger partial charge on any atom is 0.326 e. The lowest BCUT2D eigenvalue weighted by Crippen LogP contribution is -2.26. The summed E-state index contributed by atoms with van der Waals surface area (Å²) in [5.74, 6) is -0.489. The largest absolute Gasteiger partial charge is 0.459 e. The quantitative estimate of drug-likeness (QED) is 0.504. The van der Waals surface area contributed by atoms with Crippen molar-refractivity contribution in [1.82, 2.24) is 4.57 Å². The summed E-state index contributed by atoms with van der Waals surface area (Å²) >= 11 is 2.99. The van der Waals surface area contributed by atoms with Gasteiger partial charge in [-0.2, -0.15) is 5.26 Å². The van der Waals surface area contributed by atoms with E-state index in [2.05, 4.69) is 22.0 Å². The molecular weight excluding hydrogens is 424 g/mol. The number of benzene rings is 1. The van der Waals surface area contributed by atoms with E-state index in [4.69, 9.17) is 14.7 Å². The number of carbonyl (C=O) groups is 2. The zero-order valence-electron chi connectivity index (χ0n) is 17.2. The SMILES string of the molecule is CC(C)(C)OC(=O)CBr.CC(C)(C)OC(=O)Cn1ccc2cc(C#N)ccc21. The van der Waals surface area contributed by atoms with Crippen LogP contribution < -0.4 is 0 Å². The molecule has 0 bridgehead atoms. The summed E-state index contributed by atoms with van der Waals surface area (Å²) in [6.07, 6.45) is 1.83. The van der Waals surface area contributed by atoms with Gasteiger partial charge in [-0.1, -0.05) is 15.9 Å². The molecule has 0 N–H and O–H groups in total. The van der Waals surface area contributed by atoms with Crippen molar-refractivity contribution in [3.63, 3.8) is 0 Å². The van der Waals surface area contributed by atoms with Crippen molar-refractivity contribution >= 4 is 38.8 Å². The van der Waals surface area contributed by atoms with Gasteiger partial charge in [-0.05, 0) is 65.8 Å². The first-order valence-electron chi connectivity index (χ1n) is 8.83. The van der Waals surface area contributed by atoms with Crippen molar-refractivity contribution in [3.8, 4) is 6.07 Å². The van der Waals surface area contributed by atoms with Gasteiger partial charge in [0, 0.05) is 17.1 Å². The lowest BCUT2D eigenvalue weighted by atomic mass is 10.2. The normalized spacial score (nSPS) is 11.2. The summed E-state index contributed by atoms with van der Waals surface area (Å²) in [6.45, 7) is 11.2. The standard InChI is InChI=1S/C15H16N2O2.C6H11BrO2/c1-15(2,3)19-14(18)10-17-7-6-12-8-11(9-16)4-5-13(12)17;1-6(2,3)9-5(8)4-7/h4-8H,10H2,1-3H3;4H2,1-3H3. The lowest BCUT2D eigenvalue weighted by Gasteiger charge is -2.19. The van der Waals surface area contributed by atoms with Crippen molar-refractivity contribution < 1.29 is 19.1 Å². The van der Waals surface area contributed by atoms with E-state index in [9.17, 15) is 9.59 Å². The Morgan fingerprint density at radius 1 is 1.04 bits per heavy atom. The molecule has 0 atom stereocenters. The summed E-state index contributed by atoms with van der Waals surface area (Å²) in [5.41, 5.74) is 0.700. The van der Waals surface area contributed by atoms with Crippen LogP contribution in [0.1, 0.15) is 47.1 Å². The van der Waals surface area contributed by atoms with E-state index >= 15 is 0 Å². The molecule has 152 valence electrons. The van der Waals surface area contributed by atoms with Gasteiger partial charge in [-0.3, -0.25) is 9.59 Å². The number of alkyl halides is 1.